The fraction of sp³-hybridized carbons (Fsp3) is 0.318. The third kappa shape index (κ3) is 6.12. The van der Waals surface area contributed by atoms with Gasteiger partial charge in [-0.05, 0) is 55.5 Å². The molecule has 2 heterocycles. The third-order valence-corrected chi connectivity index (χ3v) is 5.96. The monoisotopic (exact) mass is 490 g/mol. The number of hydrogen-bond acceptors (Lipinski definition) is 7. The van der Waals surface area contributed by atoms with E-state index in [0.717, 1.165) is 12.8 Å². The molecule has 12 heteroatoms. The van der Waals surface area contributed by atoms with E-state index < -0.39 is 22.7 Å². The van der Waals surface area contributed by atoms with Crippen LogP contribution in [0.25, 0.3) is 11.0 Å². The van der Waals surface area contributed by atoms with Crippen LogP contribution < -0.4 is 15.8 Å². The van der Waals surface area contributed by atoms with Gasteiger partial charge in [-0.15, -0.1) is 0 Å². The van der Waals surface area contributed by atoms with Gasteiger partial charge >= 0.3 is 6.18 Å². The molecule has 1 aromatic carbocycles. The van der Waals surface area contributed by atoms with E-state index in [4.69, 9.17) is 5.14 Å². The molecule has 1 atom stereocenters. The summed E-state index contributed by atoms with van der Waals surface area (Å²) in [5.41, 5.74) is 1.66. The van der Waals surface area contributed by atoms with Crippen molar-refractivity contribution in [1.29, 1.82) is 0 Å². The summed E-state index contributed by atoms with van der Waals surface area (Å²) in [4.78, 5) is 12.9. The van der Waals surface area contributed by atoms with Crippen molar-refractivity contribution in [3.05, 3.63) is 47.7 Å². The van der Waals surface area contributed by atoms with Crippen molar-refractivity contribution in [2.45, 2.75) is 36.9 Å². The van der Waals surface area contributed by atoms with E-state index in [-0.39, 0.29) is 28.2 Å². The number of rotatable bonds is 6. The second-order valence-corrected chi connectivity index (χ2v) is 9.51. The zero-order chi connectivity index (χ0) is 24.5. The lowest BCUT2D eigenvalue weighted by Gasteiger charge is -2.17. The summed E-state index contributed by atoms with van der Waals surface area (Å²) in [6, 6.07) is 8.80. The predicted octanol–water partition coefficient (Wildman–Crippen LogP) is 3.58. The van der Waals surface area contributed by atoms with Gasteiger partial charge in [0.25, 0.3) is 0 Å². The Balaban J connectivity index is 1.64. The largest absolute Gasteiger partial charge is 0.405 e. The standard InChI is InChI=1S/C22H21F3N6O2S/c1-13(15-5-9-17(10-6-15)34(26,32)33)28-21-30-18-11-8-16(7-4-14-2-3-14)29-19(18)20(31-21)27-12-22(23,24)25/h5-6,8-11,13-14H,2-3,12H2,1H3,(H2,26,32,33)(H2,27,28,30,31)/t13-/m1/s1. The van der Waals surface area contributed by atoms with Crippen LogP contribution >= 0.6 is 0 Å². The van der Waals surface area contributed by atoms with E-state index in [1.807, 2.05) is 0 Å². The number of nitrogens with one attached hydrogen (secondary N) is 2. The Hall–Kier alpha value is -3.43. The second kappa shape index (κ2) is 9.08. The summed E-state index contributed by atoms with van der Waals surface area (Å²) in [7, 11) is -3.82. The molecule has 0 aliphatic heterocycles. The second-order valence-electron chi connectivity index (χ2n) is 7.95. The molecule has 4 rings (SSSR count). The minimum Gasteiger partial charge on any atom is -0.359 e. The number of fused-ring (bicyclic) bond motifs is 1. The summed E-state index contributed by atoms with van der Waals surface area (Å²) in [5.74, 6) is 6.38. The molecule has 1 aliphatic carbocycles. The number of pyridine rings is 1. The maximum atomic E-state index is 12.9. The SMILES string of the molecule is C[C@@H](Nc1nc(NCC(F)(F)F)c2nc(C#CC3CC3)ccc2n1)c1ccc(S(N)(=O)=O)cc1. The van der Waals surface area contributed by atoms with Crippen LogP contribution in [0.1, 0.15) is 37.1 Å². The fourth-order valence-corrected chi connectivity index (χ4v) is 3.60. The van der Waals surface area contributed by atoms with Crippen LogP contribution in [0, 0.1) is 17.8 Å². The Morgan fingerprint density at radius 2 is 1.82 bits per heavy atom. The van der Waals surface area contributed by atoms with E-state index in [9.17, 15) is 21.6 Å². The molecule has 178 valence electrons. The molecule has 2 aromatic heterocycles. The maximum Gasteiger partial charge on any atom is 0.405 e. The highest BCUT2D eigenvalue weighted by atomic mass is 32.2. The van der Waals surface area contributed by atoms with Gasteiger partial charge in [0.1, 0.15) is 17.8 Å². The van der Waals surface area contributed by atoms with Crippen LogP contribution in [0.5, 0.6) is 0 Å². The van der Waals surface area contributed by atoms with E-state index in [2.05, 4.69) is 37.4 Å². The number of sulfonamides is 1. The van der Waals surface area contributed by atoms with Crippen molar-refractivity contribution in [3.63, 3.8) is 0 Å². The number of aromatic nitrogens is 3. The zero-order valence-electron chi connectivity index (χ0n) is 18.0. The normalized spacial score (nSPS) is 14.9. The lowest BCUT2D eigenvalue weighted by atomic mass is 10.1. The molecule has 4 N–H and O–H groups in total. The average Bonchev–Trinajstić information content (AvgIpc) is 3.59. The number of primary sulfonamides is 1. The molecule has 1 saturated carbocycles. The van der Waals surface area contributed by atoms with Gasteiger partial charge in [-0.2, -0.15) is 18.2 Å². The predicted molar refractivity (Wildman–Crippen MR) is 121 cm³/mol. The maximum absolute atomic E-state index is 12.9. The quantitative estimate of drug-likeness (QED) is 0.452. The van der Waals surface area contributed by atoms with Gasteiger partial charge in [0, 0.05) is 5.92 Å². The smallest absolute Gasteiger partial charge is 0.359 e. The van der Waals surface area contributed by atoms with Gasteiger partial charge in [0.2, 0.25) is 16.0 Å². The topological polar surface area (TPSA) is 123 Å². The summed E-state index contributed by atoms with van der Waals surface area (Å²) in [6.07, 6.45) is -2.37. The van der Waals surface area contributed by atoms with Gasteiger partial charge in [0.05, 0.1) is 16.5 Å². The Morgan fingerprint density at radius 3 is 2.44 bits per heavy atom. The summed E-state index contributed by atoms with van der Waals surface area (Å²) >= 11 is 0. The zero-order valence-corrected chi connectivity index (χ0v) is 18.8. The highest BCUT2D eigenvalue weighted by Crippen LogP contribution is 2.28. The van der Waals surface area contributed by atoms with Crippen molar-refractivity contribution in [2.75, 3.05) is 17.2 Å². The molecule has 0 radical (unpaired) electrons. The van der Waals surface area contributed by atoms with Crippen LogP contribution in [0.2, 0.25) is 0 Å². The van der Waals surface area contributed by atoms with E-state index >= 15 is 0 Å². The number of benzene rings is 1. The highest BCUT2D eigenvalue weighted by molar-refractivity contribution is 7.89. The summed E-state index contributed by atoms with van der Waals surface area (Å²) < 4.78 is 61.5. The van der Waals surface area contributed by atoms with Crippen molar-refractivity contribution in [3.8, 4) is 11.8 Å². The Labute approximate surface area is 194 Å². The van der Waals surface area contributed by atoms with Crippen molar-refractivity contribution in [1.82, 2.24) is 15.0 Å². The van der Waals surface area contributed by atoms with Crippen LogP contribution in [0.15, 0.2) is 41.3 Å². The average molecular weight is 491 g/mol. The van der Waals surface area contributed by atoms with Gasteiger partial charge in [-0.3, -0.25) is 0 Å². The molecular weight excluding hydrogens is 469 g/mol. The first-order valence-corrected chi connectivity index (χ1v) is 11.9. The molecule has 0 saturated heterocycles. The number of halogens is 3. The van der Waals surface area contributed by atoms with Gasteiger partial charge in [-0.1, -0.05) is 18.1 Å². The highest BCUT2D eigenvalue weighted by Gasteiger charge is 2.27. The molecule has 0 spiro atoms. The first-order chi connectivity index (χ1) is 16.0. The van der Waals surface area contributed by atoms with Crippen molar-refractivity contribution in [2.24, 2.45) is 11.1 Å². The van der Waals surface area contributed by atoms with E-state index in [0.29, 0.717) is 22.7 Å². The van der Waals surface area contributed by atoms with Crippen LogP contribution in [0.4, 0.5) is 24.9 Å². The molecular formula is C22H21F3N6O2S. The molecule has 1 aliphatic rings. The van der Waals surface area contributed by atoms with Gasteiger partial charge in [-0.25, -0.2) is 23.5 Å². The number of nitrogens with two attached hydrogens (primary N) is 1. The molecule has 0 unspecified atom stereocenters. The Kier molecular flexibility index (Phi) is 6.33. The molecule has 0 bridgehead atoms. The lowest BCUT2D eigenvalue weighted by molar-refractivity contribution is -0.115. The number of anilines is 2. The lowest BCUT2D eigenvalue weighted by Crippen LogP contribution is -2.22. The first-order valence-electron chi connectivity index (χ1n) is 10.4. The van der Waals surface area contributed by atoms with E-state index in [1.165, 1.54) is 12.1 Å². The Bertz CT molecular complexity index is 1380. The first kappa shape index (κ1) is 23.7. The van der Waals surface area contributed by atoms with Crippen LogP contribution in [-0.4, -0.2) is 36.1 Å². The van der Waals surface area contributed by atoms with Gasteiger partial charge in [0.15, 0.2) is 5.82 Å². The summed E-state index contributed by atoms with van der Waals surface area (Å²) in [5, 5.41) is 10.4. The van der Waals surface area contributed by atoms with Crippen molar-refractivity contribution < 1.29 is 21.6 Å². The molecule has 8 nitrogen and oxygen atoms in total. The van der Waals surface area contributed by atoms with Crippen molar-refractivity contribution >= 4 is 32.8 Å². The minimum atomic E-state index is -4.45. The minimum absolute atomic E-state index is 0.0318. The third-order valence-electron chi connectivity index (χ3n) is 5.03. The number of alkyl halides is 3. The number of nitrogens with zero attached hydrogens (tertiary/aromatic N) is 3. The molecule has 3 aromatic rings. The number of hydrogen-bond donors (Lipinski definition) is 3. The van der Waals surface area contributed by atoms with Crippen LogP contribution in [0.3, 0.4) is 0 Å². The van der Waals surface area contributed by atoms with Crippen LogP contribution in [-0.2, 0) is 10.0 Å². The molecule has 0 amide bonds. The Morgan fingerprint density at radius 1 is 1.12 bits per heavy atom. The molecule has 1 fully saturated rings. The fourth-order valence-electron chi connectivity index (χ4n) is 3.08. The van der Waals surface area contributed by atoms with E-state index in [1.54, 1.807) is 31.2 Å². The summed E-state index contributed by atoms with van der Waals surface area (Å²) in [6.45, 7) is 0.486. The van der Waals surface area contributed by atoms with Gasteiger partial charge < -0.3 is 10.6 Å². The molecule has 34 heavy (non-hydrogen) atoms.